The molecule has 2 aliphatic rings. The lowest BCUT2D eigenvalue weighted by molar-refractivity contribution is -0.151. The van der Waals surface area contributed by atoms with Crippen molar-refractivity contribution in [3.8, 4) is 0 Å². The van der Waals surface area contributed by atoms with E-state index >= 15 is 0 Å². The summed E-state index contributed by atoms with van der Waals surface area (Å²) in [6.07, 6.45) is 0. The van der Waals surface area contributed by atoms with Crippen LogP contribution in [-0.4, -0.2) is 59.2 Å². The molecule has 1 N–H and O–H groups in total. The van der Waals surface area contributed by atoms with Gasteiger partial charge in [-0.05, 0) is 25.1 Å². The SMILES string of the molecule is C[C@H]1NC(=O)[C@H]2CN(C(=O)c3cccc(Cl)c3)CCN2C1=O. The molecule has 2 fully saturated rings. The minimum atomic E-state index is -0.611. The van der Waals surface area contributed by atoms with Crippen LogP contribution >= 0.6 is 11.6 Å². The summed E-state index contributed by atoms with van der Waals surface area (Å²) in [4.78, 5) is 39.8. The van der Waals surface area contributed by atoms with Crippen molar-refractivity contribution in [1.29, 1.82) is 0 Å². The molecular formula is C15H16ClN3O3. The highest BCUT2D eigenvalue weighted by Gasteiger charge is 2.42. The molecule has 6 nitrogen and oxygen atoms in total. The first kappa shape index (κ1) is 14.8. The Kier molecular flexibility index (Phi) is 3.78. The van der Waals surface area contributed by atoms with Crippen LogP contribution in [0.25, 0.3) is 0 Å². The van der Waals surface area contributed by atoms with Crippen LogP contribution in [0.4, 0.5) is 0 Å². The lowest BCUT2D eigenvalue weighted by Gasteiger charge is -2.44. The zero-order valence-corrected chi connectivity index (χ0v) is 12.8. The highest BCUT2D eigenvalue weighted by atomic mass is 35.5. The number of halogens is 1. The summed E-state index contributed by atoms with van der Waals surface area (Å²) >= 11 is 5.91. The fourth-order valence-corrected chi connectivity index (χ4v) is 3.07. The van der Waals surface area contributed by atoms with Crippen LogP contribution in [0, 0.1) is 0 Å². The smallest absolute Gasteiger partial charge is 0.254 e. The molecular weight excluding hydrogens is 306 g/mol. The van der Waals surface area contributed by atoms with E-state index in [1.165, 1.54) is 0 Å². The topological polar surface area (TPSA) is 69.7 Å². The second kappa shape index (κ2) is 5.61. The quantitative estimate of drug-likeness (QED) is 0.819. The summed E-state index contributed by atoms with van der Waals surface area (Å²) in [5.41, 5.74) is 0.483. The van der Waals surface area contributed by atoms with Crippen molar-refractivity contribution in [2.24, 2.45) is 0 Å². The molecule has 3 amide bonds. The first-order valence-electron chi connectivity index (χ1n) is 7.13. The Balaban J connectivity index is 1.78. The number of amides is 3. The molecule has 2 aliphatic heterocycles. The monoisotopic (exact) mass is 321 g/mol. The minimum absolute atomic E-state index is 0.0977. The lowest BCUT2D eigenvalue weighted by Crippen LogP contribution is -2.69. The molecule has 0 unspecified atom stereocenters. The third kappa shape index (κ3) is 2.54. The molecule has 2 atom stereocenters. The van der Waals surface area contributed by atoms with E-state index < -0.39 is 12.1 Å². The Morgan fingerprint density at radius 3 is 2.82 bits per heavy atom. The van der Waals surface area contributed by atoms with Gasteiger partial charge >= 0.3 is 0 Å². The van der Waals surface area contributed by atoms with Gasteiger partial charge in [0.05, 0.1) is 6.54 Å². The molecule has 7 heteroatoms. The summed E-state index contributed by atoms with van der Waals surface area (Å²) in [5.74, 6) is -0.490. The van der Waals surface area contributed by atoms with Gasteiger partial charge in [0.2, 0.25) is 11.8 Å². The van der Waals surface area contributed by atoms with E-state index in [2.05, 4.69) is 5.32 Å². The number of carbonyl (C=O) groups excluding carboxylic acids is 3. The zero-order valence-electron chi connectivity index (χ0n) is 12.1. The van der Waals surface area contributed by atoms with Crippen LogP contribution in [0.5, 0.6) is 0 Å². The van der Waals surface area contributed by atoms with Crippen LogP contribution in [0.2, 0.25) is 5.02 Å². The molecule has 2 saturated heterocycles. The fraction of sp³-hybridized carbons (Fsp3) is 0.400. The Hall–Kier alpha value is -2.08. The number of piperazine rings is 2. The van der Waals surface area contributed by atoms with Crippen LogP contribution in [0.15, 0.2) is 24.3 Å². The van der Waals surface area contributed by atoms with Crippen LogP contribution in [0.1, 0.15) is 17.3 Å². The van der Waals surface area contributed by atoms with Crippen molar-refractivity contribution in [2.75, 3.05) is 19.6 Å². The number of hydrogen-bond donors (Lipinski definition) is 1. The van der Waals surface area contributed by atoms with Gasteiger partial charge in [-0.1, -0.05) is 17.7 Å². The maximum Gasteiger partial charge on any atom is 0.254 e. The molecule has 22 heavy (non-hydrogen) atoms. The van der Waals surface area contributed by atoms with E-state index in [0.717, 1.165) is 0 Å². The van der Waals surface area contributed by atoms with Gasteiger partial charge in [-0.25, -0.2) is 0 Å². The minimum Gasteiger partial charge on any atom is -0.343 e. The third-order valence-electron chi connectivity index (χ3n) is 4.05. The molecule has 0 bridgehead atoms. The van der Waals surface area contributed by atoms with Gasteiger partial charge in [-0.2, -0.15) is 0 Å². The summed E-state index contributed by atoms with van der Waals surface area (Å²) in [7, 11) is 0. The van der Waals surface area contributed by atoms with Gasteiger partial charge in [-0.15, -0.1) is 0 Å². The number of carbonyl (C=O) groups is 3. The Morgan fingerprint density at radius 2 is 2.09 bits per heavy atom. The van der Waals surface area contributed by atoms with Gasteiger partial charge in [0.15, 0.2) is 0 Å². The van der Waals surface area contributed by atoms with E-state index in [1.807, 2.05) is 0 Å². The van der Waals surface area contributed by atoms with Gasteiger partial charge in [0.1, 0.15) is 12.1 Å². The second-order valence-corrected chi connectivity index (χ2v) is 5.98. The number of nitrogens with zero attached hydrogens (tertiary/aromatic N) is 2. The summed E-state index contributed by atoms with van der Waals surface area (Å²) < 4.78 is 0. The maximum absolute atomic E-state index is 12.5. The molecule has 0 saturated carbocycles. The Bertz CT molecular complexity index is 649. The van der Waals surface area contributed by atoms with Gasteiger partial charge in [0.25, 0.3) is 5.91 Å². The van der Waals surface area contributed by atoms with E-state index in [0.29, 0.717) is 23.7 Å². The highest BCUT2D eigenvalue weighted by molar-refractivity contribution is 6.30. The maximum atomic E-state index is 12.5. The predicted molar refractivity (Wildman–Crippen MR) is 80.5 cm³/mol. The van der Waals surface area contributed by atoms with Crippen molar-refractivity contribution in [2.45, 2.75) is 19.0 Å². The van der Waals surface area contributed by atoms with Crippen molar-refractivity contribution in [1.82, 2.24) is 15.1 Å². The summed E-state index contributed by atoms with van der Waals surface area (Å²) in [6.45, 7) is 2.65. The number of hydrogen-bond acceptors (Lipinski definition) is 3. The first-order chi connectivity index (χ1) is 10.5. The van der Waals surface area contributed by atoms with Crippen molar-refractivity contribution in [3.63, 3.8) is 0 Å². The molecule has 2 heterocycles. The molecule has 3 rings (SSSR count). The fourth-order valence-electron chi connectivity index (χ4n) is 2.88. The largest absolute Gasteiger partial charge is 0.343 e. The van der Waals surface area contributed by atoms with Crippen LogP contribution in [0.3, 0.4) is 0 Å². The van der Waals surface area contributed by atoms with E-state index in [9.17, 15) is 14.4 Å². The standard InChI is InChI=1S/C15H16ClN3O3/c1-9-14(21)19-6-5-18(8-12(19)13(20)17-9)15(22)10-3-2-4-11(16)7-10/h2-4,7,9,12H,5-6,8H2,1H3,(H,17,20)/t9-,12-/m1/s1. The summed E-state index contributed by atoms with van der Waals surface area (Å²) in [6, 6.07) is 5.59. The van der Waals surface area contributed by atoms with E-state index in [4.69, 9.17) is 11.6 Å². The molecule has 1 aromatic rings. The van der Waals surface area contributed by atoms with Crippen molar-refractivity contribution in [3.05, 3.63) is 34.9 Å². The average Bonchev–Trinajstić information content (AvgIpc) is 2.51. The van der Waals surface area contributed by atoms with Crippen molar-refractivity contribution >= 4 is 29.3 Å². The molecule has 1 aromatic carbocycles. The van der Waals surface area contributed by atoms with Crippen molar-refractivity contribution < 1.29 is 14.4 Å². The number of benzene rings is 1. The number of fused-ring (bicyclic) bond motifs is 1. The molecule has 0 radical (unpaired) electrons. The summed E-state index contributed by atoms with van der Waals surface area (Å²) in [5, 5.41) is 3.14. The van der Waals surface area contributed by atoms with Gasteiger partial charge in [-0.3, -0.25) is 14.4 Å². The lowest BCUT2D eigenvalue weighted by atomic mass is 10.0. The molecule has 116 valence electrons. The number of rotatable bonds is 1. The highest BCUT2D eigenvalue weighted by Crippen LogP contribution is 2.19. The molecule has 0 aliphatic carbocycles. The average molecular weight is 322 g/mol. The molecule has 0 aromatic heterocycles. The Labute approximate surface area is 133 Å². The first-order valence-corrected chi connectivity index (χ1v) is 7.51. The van der Waals surface area contributed by atoms with Gasteiger partial charge in [0, 0.05) is 23.7 Å². The second-order valence-electron chi connectivity index (χ2n) is 5.54. The van der Waals surface area contributed by atoms with E-state index in [1.54, 1.807) is 41.0 Å². The number of nitrogens with one attached hydrogen (secondary N) is 1. The third-order valence-corrected chi connectivity index (χ3v) is 4.29. The van der Waals surface area contributed by atoms with Crippen LogP contribution in [-0.2, 0) is 9.59 Å². The molecule has 0 spiro atoms. The predicted octanol–water partition coefficient (Wildman–Crippen LogP) is 0.511. The van der Waals surface area contributed by atoms with E-state index in [-0.39, 0.29) is 24.3 Å². The van der Waals surface area contributed by atoms with Gasteiger partial charge < -0.3 is 15.1 Å². The normalized spacial score (nSPS) is 24.8. The zero-order chi connectivity index (χ0) is 15.9. The van der Waals surface area contributed by atoms with Crippen LogP contribution < -0.4 is 5.32 Å². The Morgan fingerprint density at radius 1 is 1.32 bits per heavy atom.